The van der Waals surface area contributed by atoms with Gasteiger partial charge in [-0.05, 0) is 105 Å². The summed E-state index contributed by atoms with van der Waals surface area (Å²) in [5, 5.41) is 3.61. The van der Waals surface area contributed by atoms with Crippen molar-refractivity contribution in [3.8, 4) is 44.8 Å². The lowest BCUT2D eigenvalue weighted by Crippen LogP contribution is -2.10. The lowest BCUT2D eigenvalue weighted by Gasteiger charge is -2.21. The van der Waals surface area contributed by atoms with Gasteiger partial charge in [-0.25, -0.2) is 0 Å². The Kier molecular flexibility index (Phi) is 5.34. The molecule has 2 nitrogen and oxygen atoms in total. The molecule has 2 aromatic heterocycles. The average Bonchev–Trinajstić information content (AvgIpc) is 3.86. The predicted molar refractivity (Wildman–Crippen MR) is 249 cm³/mol. The zero-order chi connectivity index (χ0) is 52.8. The number of nitrogens with zero attached hydrogens (tertiary/aromatic N) is 2. The van der Waals surface area contributed by atoms with Crippen LogP contribution in [-0.2, 0) is 10.8 Å². The first-order valence-corrected chi connectivity index (χ1v) is 19.3. The van der Waals surface area contributed by atoms with Crippen molar-refractivity contribution in [2.24, 2.45) is 0 Å². The molecule has 58 heavy (non-hydrogen) atoms. The van der Waals surface area contributed by atoms with Crippen molar-refractivity contribution >= 4 is 43.6 Å². The number of para-hydroxylation sites is 1. The van der Waals surface area contributed by atoms with Crippen molar-refractivity contribution in [2.45, 2.75) is 52.4 Å². The number of hydrogen-bond donors (Lipinski definition) is 0. The molecule has 0 aliphatic carbocycles. The SMILES string of the molecule is [2H]c1c([2H])c([2H])c(-c2cc(-c3c([2H])c([2H])c([2H])c([2H])c3[2H])c(-n3c4ccccc4c4cc(-n5c6ccc(C(C)(C)C)cc6c6cc(C(C)(C)C)ccc65)ccc43)c(-c3c([2H])c([2H])c([2H])c([2H])c3[2H])c2)c([2H])c1[2H]. The third-order valence-electron chi connectivity index (χ3n) is 11.1. The Balaban J connectivity index is 1.40. The zero-order valence-corrected chi connectivity index (χ0v) is 33.1. The summed E-state index contributed by atoms with van der Waals surface area (Å²) >= 11 is 0. The summed E-state index contributed by atoms with van der Waals surface area (Å²) in [4.78, 5) is 0. The second-order valence-corrected chi connectivity index (χ2v) is 16.8. The van der Waals surface area contributed by atoms with Crippen LogP contribution in [-0.4, -0.2) is 9.13 Å². The Morgan fingerprint density at radius 2 is 0.810 bits per heavy atom. The first kappa shape index (κ1) is 22.9. The summed E-state index contributed by atoms with van der Waals surface area (Å²) in [6.07, 6.45) is 0. The van der Waals surface area contributed by atoms with E-state index in [0.29, 0.717) is 11.0 Å². The molecule has 0 unspecified atom stereocenters. The monoisotopic (exact) mass is 763 g/mol. The summed E-state index contributed by atoms with van der Waals surface area (Å²) in [5.74, 6) is 0. The fourth-order valence-corrected chi connectivity index (χ4v) is 8.14. The van der Waals surface area contributed by atoms with Crippen LogP contribution in [0.1, 0.15) is 73.2 Å². The van der Waals surface area contributed by atoms with Gasteiger partial charge in [-0.15, -0.1) is 0 Å². The Labute approximate surface area is 362 Å². The van der Waals surface area contributed by atoms with Gasteiger partial charge < -0.3 is 9.13 Å². The van der Waals surface area contributed by atoms with Crippen LogP contribution < -0.4 is 0 Å². The summed E-state index contributed by atoms with van der Waals surface area (Å²) < 4.78 is 138. The summed E-state index contributed by atoms with van der Waals surface area (Å²) in [6, 6.07) is 19.4. The molecule has 0 bridgehead atoms. The summed E-state index contributed by atoms with van der Waals surface area (Å²) in [7, 11) is 0. The van der Waals surface area contributed by atoms with Crippen LogP contribution in [0, 0.1) is 0 Å². The molecule has 10 aromatic rings. The molecule has 0 aliphatic rings. The Bertz CT molecular complexity index is 3810. The van der Waals surface area contributed by atoms with Gasteiger partial charge >= 0.3 is 0 Å². The standard InChI is InChI=1S/C56H48N2/c1-55(2,3)41-26-29-51-47(34-41)48-35-42(56(4,5)6)27-30-52(48)57(51)43-28-31-53-49(36-43)44-24-16-17-25-50(44)58(53)54-45(38-20-12-8-13-21-38)32-40(37-18-10-7-11-19-37)33-46(54)39-22-14-9-15-23-39/h7-36H,1-6H3/i7D,8D,9D,10D,11D,12D,13D,14D,15D,18D,19D,20D,21D,22D,23D. The highest BCUT2D eigenvalue weighted by Gasteiger charge is 2.24. The minimum absolute atomic E-state index is 0.0495. The van der Waals surface area contributed by atoms with E-state index in [4.69, 9.17) is 15.1 Å². The van der Waals surface area contributed by atoms with E-state index < -0.39 is 90.6 Å². The van der Waals surface area contributed by atoms with Gasteiger partial charge in [0.05, 0.1) is 48.3 Å². The number of rotatable bonds is 5. The highest BCUT2D eigenvalue weighted by atomic mass is 15.0. The molecule has 0 saturated heterocycles. The molecule has 0 spiro atoms. The molecule has 0 atom stereocenters. The maximum Gasteiger partial charge on any atom is 0.0629 e. The topological polar surface area (TPSA) is 9.86 Å². The van der Waals surface area contributed by atoms with Crippen LogP contribution in [0.4, 0.5) is 0 Å². The van der Waals surface area contributed by atoms with Crippen molar-refractivity contribution in [3.63, 3.8) is 0 Å². The minimum Gasteiger partial charge on any atom is -0.309 e. The third-order valence-corrected chi connectivity index (χ3v) is 11.1. The van der Waals surface area contributed by atoms with Crippen LogP contribution in [0.2, 0.25) is 0 Å². The maximum absolute atomic E-state index is 9.37. The van der Waals surface area contributed by atoms with Crippen LogP contribution in [0.5, 0.6) is 0 Å². The van der Waals surface area contributed by atoms with E-state index in [0.717, 1.165) is 38.3 Å². The molecule has 10 rings (SSSR count). The molecule has 0 N–H and O–H groups in total. The maximum atomic E-state index is 9.37. The summed E-state index contributed by atoms with van der Waals surface area (Å²) in [6.45, 7) is 13.1. The van der Waals surface area contributed by atoms with Crippen molar-refractivity contribution in [2.75, 3.05) is 0 Å². The van der Waals surface area contributed by atoms with Gasteiger partial charge in [-0.1, -0.05) is 163 Å². The van der Waals surface area contributed by atoms with Gasteiger partial charge in [0.25, 0.3) is 0 Å². The number of hydrogen-bond acceptors (Lipinski definition) is 0. The molecular weight excluding hydrogens is 701 g/mol. The largest absolute Gasteiger partial charge is 0.309 e. The quantitative estimate of drug-likeness (QED) is 0.165. The molecular formula is C56H48N2. The lowest BCUT2D eigenvalue weighted by molar-refractivity contribution is 0.590. The lowest BCUT2D eigenvalue weighted by atomic mass is 9.85. The predicted octanol–water partition coefficient (Wildman–Crippen LogP) is 15.5. The molecule has 8 aromatic carbocycles. The van der Waals surface area contributed by atoms with E-state index in [1.807, 2.05) is 30.3 Å². The second-order valence-electron chi connectivity index (χ2n) is 16.8. The number of benzene rings is 8. The number of fused-ring (bicyclic) bond motifs is 6. The van der Waals surface area contributed by atoms with Crippen LogP contribution in [0.15, 0.2) is 182 Å². The minimum atomic E-state index is -0.679. The Morgan fingerprint density at radius 1 is 0.379 bits per heavy atom. The molecule has 2 heteroatoms. The van der Waals surface area contributed by atoms with Crippen molar-refractivity contribution in [3.05, 3.63) is 193 Å². The first-order valence-electron chi connectivity index (χ1n) is 26.8. The number of aromatic nitrogens is 2. The molecule has 0 amide bonds. The first-order chi connectivity index (χ1) is 34.3. The van der Waals surface area contributed by atoms with Crippen LogP contribution >= 0.6 is 0 Å². The fraction of sp³-hybridized carbons (Fsp3) is 0.143. The van der Waals surface area contributed by atoms with Gasteiger partial charge in [0.1, 0.15) is 0 Å². The van der Waals surface area contributed by atoms with Crippen molar-refractivity contribution < 1.29 is 20.6 Å². The van der Waals surface area contributed by atoms with E-state index in [1.165, 1.54) is 23.3 Å². The van der Waals surface area contributed by atoms with Gasteiger partial charge in [0, 0.05) is 38.4 Å². The van der Waals surface area contributed by atoms with Gasteiger partial charge in [0.2, 0.25) is 0 Å². The van der Waals surface area contributed by atoms with E-state index in [1.54, 1.807) is 10.6 Å². The third kappa shape index (κ3) is 5.94. The molecule has 0 aliphatic heterocycles. The molecule has 0 radical (unpaired) electrons. The smallest absolute Gasteiger partial charge is 0.0629 e. The highest BCUT2D eigenvalue weighted by molar-refractivity contribution is 6.13. The van der Waals surface area contributed by atoms with Gasteiger partial charge in [-0.3, -0.25) is 0 Å². The van der Waals surface area contributed by atoms with E-state index in [2.05, 4.69) is 88.6 Å². The van der Waals surface area contributed by atoms with E-state index in [9.17, 15) is 5.48 Å². The zero-order valence-electron chi connectivity index (χ0n) is 48.1. The van der Waals surface area contributed by atoms with Crippen molar-refractivity contribution in [1.29, 1.82) is 0 Å². The van der Waals surface area contributed by atoms with E-state index >= 15 is 0 Å². The molecule has 0 saturated carbocycles. The van der Waals surface area contributed by atoms with Gasteiger partial charge in [0.15, 0.2) is 0 Å². The van der Waals surface area contributed by atoms with Crippen LogP contribution in [0.25, 0.3) is 88.4 Å². The van der Waals surface area contributed by atoms with E-state index in [-0.39, 0.29) is 49.9 Å². The second kappa shape index (κ2) is 13.5. The Hall–Kier alpha value is -6.64. The summed E-state index contributed by atoms with van der Waals surface area (Å²) in [5.41, 5.74) is 4.74. The Morgan fingerprint density at radius 3 is 1.33 bits per heavy atom. The fourth-order valence-electron chi connectivity index (χ4n) is 8.14. The van der Waals surface area contributed by atoms with Crippen LogP contribution in [0.3, 0.4) is 0 Å². The normalized spacial score (nSPS) is 15.9. The molecule has 282 valence electrons. The highest BCUT2D eigenvalue weighted by Crippen LogP contribution is 2.45. The molecule has 0 fully saturated rings. The van der Waals surface area contributed by atoms with Crippen molar-refractivity contribution in [1.82, 2.24) is 9.13 Å². The average molecular weight is 764 g/mol. The van der Waals surface area contributed by atoms with Gasteiger partial charge in [-0.2, -0.15) is 0 Å². The molecule has 2 heterocycles.